The molecule has 2 aromatic rings. The molecular formula is C17H20N4OS. The lowest BCUT2D eigenvalue weighted by molar-refractivity contribution is 0.415. The zero-order valence-corrected chi connectivity index (χ0v) is 13.7. The minimum atomic E-state index is 0.0819. The van der Waals surface area contributed by atoms with Gasteiger partial charge in [-0.15, -0.1) is 0 Å². The molecule has 2 unspecified atom stereocenters. The average Bonchev–Trinajstić information content (AvgIpc) is 3.04. The molecule has 0 aliphatic carbocycles. The molecule has 0 spiro atoms. The molecule has 5 nitrogen and oxygen atoms in total. The fourth-order valence-corrected chi connectivity index (χ4v) is 2.81. The largest absolute Gasteiger partial charge is 0.497 e. The van der Waals surface area contributed by atoms with Crippen molar-refractivity contribution in [3.8, 4) is 5.75 Å². The quantitative estimate of drug-likeness (QED) is 0.647. The first-order chi connectivity index (χ1) is 11.2. The Morgan fingerprint density at radius 2 is 1.83 bits per heavy atom. The predicted octanol–water partition coefficient (Wildman–Crippen LogP) is 2.55. The van der Waals surface area contributed by atoms with Gasteiger partial charge >= 0.3 is 0 Å². The second-order valence-corrected chi connectivity index (χ2v) is 5.78. The number of rotatable bonds is 4. The van der Waals surface area contributed by atoms with E-state index in [1.54, 1.807) is 7.11 Å². The summed E-state index contributed by atoms with van der Waals surface area (Å²) in [6, 6.07) is 18.3. The molecule has 120 valence electrons. The Morgan fingerprint density at radius 3 is 2.52 bits per heavy atom. The van der Waals surface area contributed by atoms with Gasteiger partial charge in [-0.1, -0.05) is 30.3 Å². The van der Waals surface area contributed by atoms with Gasteiger partial charge in [0.2, 0.25) is 0 Å². The molecular weight excluding hydrogens is 308 g/mol. The smallest absolute Gasteiger partial charge is 0.172 e. The molecule has 1 fully saturated rings. The molecule has 1 aliphatic heterocycles. The van der Waals surface area contributed by atoms with Crippen LogP contribution in [0.1, 0.15) is 18.0 Å². The van der Waals surface area contributed by atoms with Crippen LogP contribution >= 0.6 is 12.2 Å². The van der Waals surface area contributed by atoms with E-state index in [-0.39, 0.29) is 12.2 Å². The topological polar surface area (TPSA) is 57.4 Å². The summed E-state index contributed by atoms with van der Waals surface area (Å²) < 4.78 is 5.14. The molecule has 2 aromatic carbocycles. The minimum Gasteiger partial charge on any atom is -0.497 e. The first kappa shape index (κ1) is 15.7. The van der Waals surface area contributed by atoms with Gasteiger partial charge in [-0.3, -0.25) is 0 Å². The van der Waals surface area contributed by atoms with Gasteiger partial charge in [0.1, 0.15) is 5.75 Å². The first-order valence-corrected chi connectivity index (χ1v) is 7.93. The maximum atomic E-state index is 5.37. The van der Waals surface area contributed by atoms with Crippen molar-refractivity contribution in [1.29, 1.82) is 0 Å². The van der Waals surface area contributed by atoms with E-state index in [1.165, 1.54) is 5.56 Å². The van der Waals surface area contributed by atoms with Gasteiger partial charge < -0.3 is 15.4 Å². The molecule has 6 heteroatoms. The van der Waals surface area contributed by atoms with Gasteiger partial charge in [-0.05, 0) is 42.0 Å². The molecule has 1 saturated heterocycles. The highest BCUT2D eigenvalue weighted by atomic mass is 32.1. The standard InChI is InChI=1S/C17H20N4OS/c1-22-14-9-7-13(8-10-14)18-17(23)19-16-11-15(20-21-16)12-5-3-2-4-6-12/h2-10,15-16,20-21H,11H2,1H3,(H2,18,19,23). The molecule has 4 N–H and O–H groups in total. The number of benzene rings is 2. The monoisotopic (exact) mass is 328 g/mol. The maximum absolute atomic E-state index is 5.37. The van der Waals surface area contributed by atoms with Gasteiger partial charge in [0, 0.05) is 18.2 Å². The van der Waals surface area contributed by atoms with E-state index in [0.717, 1.165) is 17.9 Å². The molecule has 0 radical (unpaired) electrons. The molecule has 0 bridgehead atoms. The van der Waals surface area contributed by atoms with Crippen LogP contribution in [-0.2, 0) is 0 Å². The average molecular weight is 328 g/mol. The van der Waals surface area contributed by atoms with E-state index in [1.807, 2.05) is 42.5 Å². The van der Waals surface area contributed by atoms with Gasteiger partial charge in [0.25, 0.3) is 0 Å². The Hall–Kier alpha value is -2.15. The van der Waals surface area contributed by atoms with Crippen molar-refractivity contribution in [3.63, 3.8) is 0 Å². The third-order valence-electron chi connectivity index (χ3n) is 3.76. The van der Waals surface area contributed by atoms with Crippen LogP contribution in [0.15, 0.2) is 54.6 Å². The molecule has 1 aliphatic rings. The number of hydrogen-bond acceptors (Lipinski definition) is 4. The molecule has 0 saturated carbocycles. The van der Waals surface area contributed by atoms with E-state index >= 15 is 0 Å². The maximum Gasteiger partial charge on any atom is 0.172 e. The lowest BCUT2D eigenvalue weighted by atomic mass is 10.0. The van der Waals surface area contributed by atoms with Gasteiger partial charge in [-0.2, -0.15) is 0 Å². The Morgan fingerprint density at radius 1 is 1.09 bits per heavy atom. The van der Waals surface area contributed by atoms with Crippen molar-refractivity contribution in [3.05, 3.63) is 60.2 Å². The van der Waals surface area contributed by atoms with Crippen LogP contribution in [0, 0.1) is 0 Å². The van der Waals surface area contributed by atoms with E-state index in [4.69, 9.17) is 17.0 Å². The Kier molecular flexibility index (Phi) is 5.07. The number of thiocarbonyl (C=S) groups is 1. The highest BCUT2D eigenvalue weighted by Crippen LogP contribution is 2.21. The summed E-state index contributed by atoms with van der Waals surface area (Å²) in [7, 11) is 1.65. The second-order valence-electron chi connectivity index (χ2n) is 5.37. The molecule has 0 amide bonds. The van der Waals surface area contributed by atoms with Crippen LogP contribution in [0.25, 0.3) is 0 Å². The number of nitrogens with one attached hydrogen (secondary N) is 4. The van der Waals surface area contributed by atoms with Crippen molar-refractivity contribution in [2.24, 2.45) is 0 Å². The van der Waals surface area contributed by atoms with Crippen LogP contribution in [-0.4, -0.2) is 18.4 Å². The highest BCUT2D eigenvalue weighted by Gasteiger charge is 2.25. The lowest BCUT2D eigenvalue weighted by Crippen LogP contribution is -2.45. The van der Waals surface area contributed by atoms with Crippen LogP contribution in [0.4, 0.5) is 5.69 Å². The van der Waals surface area contributed by atoms with Gasteiger partial charge in [-0.25, -0.2) is 10.9 Å². The highest BCUT2D eigenvalue weighted by molar-refractivity contribution is 7.80. The number of methoxy groups -OCH3 is 1. The van der Waals surface area contributed by atoms with E-state index < -0.39 is 0 Å². The fraction of sp³-hybridized carbons (Fsp3) is 0.235. The van der Waals surface area contributed by atoms with Crippen LogP contribution in [0.5, 0.6) is 5.75 Å². The van der Waals surface area contributed by atoms with E-state index in [0.29, 0.717) is 5.11 Å². The number of hydrazine groups is 1. The van der Waals surface area contributed by atoms with Gasteiger partial charge in [0.05, 0.1) is 13.3 Å². The van der Waals surface area contributed by atoms with Crippen molar-refractivity contribution in [2.75, 3.05) is 12.4 Å². The SMILES string of the molecule is COc1ccc(NC(=S)NC2CC(c3ccccc3)NN2)cc1. The third kappa shape index (κ3) is 4.19. The Bertz CT molecular complexity index is 647. The summed E-state index contributed by atoms with van der Waals surface area (Å²) in [5, 5.41) is 7.03. The third-order valence-corrected chi connectivity index (χ3v) is 3.98. The number of anilines is 1. The summed E-state index contributed by atoms with van der Waals surface area (Å²) in [5.74, 6) is 0.821. The molecule has 2 atom stereocenters. The van der Waals surface area contributed by atoms with Crippen molar-refractivity contribution >= 4 is 23.0 Å². The second kappa shape index (κ2) is 7.41. The number of ether oxygens (including phenoxy) is 1. The molecule has 23 heavy (non-hydrogen) atoms. The molecule has 0 aromatic heterocycles. The van der Waals surface area contributed by atoms with Crippen LogP contribution < -0.4 is 26.2 Å². The van der Waals surface area contributed by atoms with E-state index in [2.05, 4.69) is 33.6 Å². The van der Waals surface area contributed by atoms with Crippen LogP contribution in [0.2, 0.25) is 0 Å². The zero-order valence-electron chi connectivity index (χ0n) is 12.9. The van der Waals surface area contributed by atoms with Crippen molar-refractivity contribution in [1.82, 2.24) is 16.2 Å². The summed E-state index contributed by atoms with van der Waals surface area (Å²) in [6.07, 6.45) is 0.993. The Labute approximate surface area is 141 Å². The van der Waals surface area contributed by atoms with Gasteiger partial charge in [0.15, 0.2) is 5.11 Å². The number of hydrogen-bond donors (Lipinski definition) is 4. The van der Waals surface area contributed by atoms with Crippen molar-refractivity contribution in [2.45, 2.75) is 18.6 Å². The fourth-order valence-electron chi connectivity index (χ4n) is 2.55. The van der Waals surface area contributed by atoms with Crippen molar-refractivity contribution < 1.29 is 4.74 Å². The summed E-state index contributed by atoms with van der Waals surface area (Å²) in [5.41, 5.74) is 8.71. The summed E-state index contributed by atoms with van der Waals surface area (Å²) in [4.78, 5) is 0. The van der Waals surface area contributed by atoms with E-state index in [9.17, 15) is 0 Å². The zero-order chi connectivity index (χ0) is 16.1. The lowest BCUT2D eigenvalue weighted by Gasteiger charge is -2.16. The first-order valence-electron chi connectivity index (χ1n) is 7.52. The normalized spacial score (nSPS) is 20.0. The summed E-state index contributed by atoms with van der Waals surface area (Å²) in [6.45, 7) is 0. The van der Waals surface area contributed by atoms with Crippen LogP contribution in [0.3, 0.4) is 0 Å². The molecule has 1 heterocycles. The predicted molar refractivity (Wildman–Crippen MR) is 96.2 cm³/mol. The molecule has 3 rings (SSSR count). The minimum absolute atomic E-state index is 0.0819. The Balaban J connectivity index is 1.50. The summed E-state index contributed by atoms with van der Waals surface area (Å²) >= 11 is 5.37.